The first kappa shape index (κ1) is 13.9. The lowest BCUT2D eigenvalue weighted by Crippen LogP contribution is -2.13. The molecule has 20 heavy (non-hydrogen) atoms. The molecule has 0 amide bonds. The smallest absolute Gasteiger partial charge is 0.305 e. The number of tetrazole rings is 1. The standard InChI is InChI=1S/C12H13FN4O3/c1-7(5-11(18)19)17-12(14-15-16-17)8-3-4-9(13)10(6-8)20-2/h3-4,6-7H,5H2,1-2H3,(H,18,19). The molecule has 0 saturated carbocycles. The summed E-state index contributed by atoms with van der Waals surface area (Å²) in [5.41, 5.74) is 0.547. The number of rotatable bonds is 5. The van der Waals surface area contributed by atoms with Crippen LogP contribution in [0.15, 0.2) is 18.2 Å². The molecule has 1 aromatic heterocycles. The average molecular weight is 280 g/mol. The molecular formula is C12H13FN4O3. The van der Waals surface area contributed by atoms with Crippen LogP contribution in [0.2, 0.25) is 0 Å². The molecule has 0 aliphatic heterocycles. The molecule has 1 unspecified atom stereocenters. The largest absolute Gasteiger partial charge is 0.494 e. The zero-order valence-electron chi connectivity index (χ0n) is 10.9. The Morgan fingerprint density at radius 1 is 1.55 bits per heavy atom. The number of halogens is 1. The number of carboxylic acid groups (broad SMARTS) is 1. The van der Waals surface area contributed by atoms with E-state index in [1.54, 1.807) is 6.92 Å². The second-order valence-corrected chi connectivity index (χ2v) is 4.24. The second kappa shape index (κ2) is 5.64. The quantitative estimate of drug-likeness (QED) is 0.893. The number of methoxy groups -OCH3 is 1. The van der Waals surface area contributed by atoms with Crippen molar-refractivity contribution in [2.75, 3.05) is 7.11 Å². The van der Waals surface area contributed by atoms with Crippen LogP contribution < -0.4 is 4.74 Å². The molecule has 0 aliphatic rings. The van der Waals surface area contributed by atoms with Crippen LogP contribution in [0.1, 0.15) is 19.4 Å². The highest BCUT2D eigenvalue weighted by Gasteiger charge is 2.18. The number of carbonyl (C=O) groups is 1. The minimum Gasteiger partial charge on any atom is -0.494 e. The zero-order valence-corrected chi connectivity index (χ0v) is 10.9. The third-order valence-corrected chi connectivity index (χ3v) is 2.79. The number of nitrogens with zero attached hydrogens (tertiary/aromatic N) is 4. The van der Waals surface area contributed by atoms with Crippen molar-refractivity contribution < 1.29 is 19.0 Å². The van der Waals surface area contributed by atoms with Crippen LogP contribution in [0.4, 0.5) is 4.39 Å². The number of ether oxygens (including phenoxy) is 1. The van der Waals surface area contributed by atoms with Gasteiger partial charge in [-0.2, -0.15) is 0 Å². The summed E-state index contributed by atoms with van der Waals surface area (Å²) in [6.45, 7) is 1.69. The Morgan fingerprint density at radius 3 is 2.95 bits per heavy atom. The van der Waals surface area contributed by atoms with Crippen molar-refractivity contribution in [3.63, 3.8) is 0 Å². The number of carboxylic acids is 1. The van der Waals surface area contributed by atoms with E-state index in [0.29, 0.717) is 11.4 Å². The molecule has 0 spiro atoms. The molecule has 1 N–H and O–H groups in total. The number of benzene rings is 1. The second-order valence-electron chi connectivity index (χ2n) is 4.24. The van der Waals surface area contributed by atoms with Gasteiger partial charge >= 0.3 is 5.97 Å². The fraction of sp³-hybridized carbons (Fsp3) is 0.333. The highest BCUT2D eigenvalue weighted by atomic mass is 19.1. The molecule has 0 bridgehead atoms. The number of aromatic nitrogens is 4. The van der Waals surface area contributed by atoms with Crippen LogP contribution in [0.3, 0.4) is 0 Å². The molecular weight excluding hydrogens is 267 g/mol. The molecule has 0 saturated heterocycles. The molecule has 1 aromatic carbocycles. The summed E-state index contributed by atoms with van der Waals surface area (Å²) in [7, 11) is 1.36. The lowest BCUT2D eigenvalue weighted by atomic mass is 10.1. The average Bonchev–Trinajstić information content (AvgIpc) is 2.88. The summed E-state index contributed by atoms with van der Waals surface area (Å²) in [5, 5.41) is 20.0. The third-order valence-electron chi connectivity index (χ3n) is 2.79. The van der Waals surface area contributed by atoms with Gasteiger partial charge in [-0.1, -0.05) is 0 Å². The van der Waals surface area contributed by atoms with E-state index in [4.69, 9.17) is 9.84 Å². The van der Waals surface area contributed by atoms with E-state index >= 15 is 0 Å². The maximum Gasteiger partial charge on any atom is 0.305 e. The Hall–Kier alpha value is -2.51. The molecule has 2 rings (SSSR count). The minimum atomic E-state index is -0.948. The van der Waals surface area contributed by atoms with Gasteiger partial charge in [-0.05, 0) is 35.5 Å². The van der Waals surface area contributed by atoms with E-state index in [9.17, 15) is 9.18 Å². The van der Waals surface area contributed by atoms with E-state index in [1.165, 1.54) is 30.0 Å². The van der Waals surface area contributed by atoms with Crippen molar-refractivity contribution in [1.29, 1.82) is 0 Å². The van der Waals surface area contributed by atoms with Crippen LogP contribution in [0.5, 0.6) is 5.75 Å². The Balaban J connectivity index is 2.39. The van der Waals surface area contributed by atoms with Crippen LogP contribution in [0, 0.1) is 5.82 Å². The third kappa shape index (κ3) is 2.73. The van der Waals surface area contributed by atoms with Crippen molar-refractivity contribution in [2.24, 2.45) is 0 Å². The van der Waals surface area contributed by atoms with Crippen LogP contribution in [-0.2, 0) is 4.79 Å². The normalized spacial score (nSPS) is 12.2. The van der Waals surface area contributed by atoms with E-state index in [-0.39, 0.29) is 12.2 Å². The summed E-state index contributed by atoms with van der Waals surface area (Å²) in [5.74, 6) is -1.01. The summed E-state index contributed by atoms with van der Waals surface area (Å²) in [6, 6.07) is 3.79. The molecule has 0 aliphatic carbocycles. The van der Waals surface area contributed by atoms with Crippen LogP contribution >= 0.6 is 0 Å². The molecule has 1 atom stereocenters. The maximum absolute atomic E-state index is 13.4. The Bertz CT molecular complexity index is 629. The Labute approximate surface area is 114 Å². The molecule has 106 valence electrons. The van der Waals surface area contributed by atoms with Crippen molar-refractivity contribution in [3.8, 4) is 17.1 Å². The lowest BCUT2D eigenvalue weighted by Gasteiger charge is -2.11. The van der Waals surface area contributed by atoms with Gasteiger partial charge in [0.2, 0.25) is 0 Å². The van der Waals surface area contributed by atoms with E-state index in [1.807, 2.05) is 0 Å². The first-order chi connectivity index (χ1) is 9.52. The van der Waals surface area contributed by atoms with Gasteiger partial charge in [0.25, 0.3) is 0 Å². The Kier molecular flexibility index (Phi) is 3.92. The van der Waals surface area contributed by atoms with E-state index < -0.39 is 17.8 Å². The number of hydrogen-bond acceptors (Lipinski definition) is 5. The van der Waals surface area contributed by atoms with Crippen LogP contribution in [0.25, 0.3) is 11.4 Å². The molecule has 2 aromatic rings. The number of aliphatic carboxylic acids is 1. The molecule has 0 radical (unpaired) electrons. The fourth-order valence-corrected chi connectivity index (χ4v) is 1.82. The molecule has 1 heterocycles. The molecule has 7 nitrogen and oxygen atoms in total. The molecule has 8 heteroatoms. The zero-order chi connectivity index (χ0) is 14.7. The maximum atomic E-state index is 13.4. The predicted molar refractivity (Wildman–Crippen MR) is 66.7 cm³/mol. The van der Waals surface area contributed by atoms with Gasteiger partial charge in [0.1, 0.15) is 0 Å². The van der Waals surface area contributed by atoms with Gasteiger partial charge in [-0.15, -0.1) is 5.10 Å². The van der Waals surface area contributed by atoms with E-state index in [0.717, 1.165) is 0 Å². The Morgan fingerprint density at radius 2 is 2.30 bits per heavy atom. The summed E-state index contributed by atoms with van der Waals surface area (Å²) in [4.78, 5) is 10.7. The lowest BCUT2D eigenvalue weighted by molar-refractivity contribution is -0.137. The van der Waals surface area contributed by atoms with Crippen molar-refractivity contribution in [2.45, 2.75) is 19.4 Å². The fourth-order valence-electron chi connectivity index (χ4n) is 1.82. The first-order valence-corrected chi connectivity index (χ1v) is 5.86. The van der Waals surface area contributed by atoms with Gasteiger partial charge < -0.3 is 9.84 Å². The van der Waals surface area contributed by atoms with Gasteiger partial charge in [0, 0.05) is 5.56 Å². The van der Waals surface area contributed by atoms with Gasteiger partial charge in [0.15, 0.2) is 17.4 Å². The predicted octanol–water partition coefficient (Wildman–Crippen LogP) is 1.52. The van der Waals surface area contributed by atoms with Crippen molar-refractivity contribution >= 4 is 5.97 Å². The number of hydrogen-bond donors (Lipinski definition) is 1. The first-order valence-electron chi connectivity index (χ1n) is 5.86. The van der Waals surface area contributed by atoms with Crippen molar-refractivity contribution in [1.82, 2.24) is 20.2 Å². The topological polar surface area (TPSA) is 90.1 Å². The SMILES string of the molecule is COc1cc(-c2nnnn2C(C)CC(=O)O)ccc1F. The summed E-state index contributed by atoms with van der Waals surface area (Å²) < 4.78 is 19.7. The highest BCUT2D eigenvalue weighted by Crippen LogP contribution is 2.26. The van der Waals surface area contributed by atoms with Gasteiger partial charge in [0.05, 0.1) is 19.6 Å². The highest BCUT2D eigenvalue weighted by molar-refractivity contribution is 5.67. The summed E-state index contributed by atoms with van der Waals surface area (Å²) >= 11 is 0. The van der Waals surface area contributed by atoms with Crippen LogP contribution in [-0.4, -0.2) is 38.4 Å². The molecule has 0 fully saturated rings. The van der Waals surface area contributed by atoms with Gasteiger partial charge in [-0.3, -0.25) is 4.79 Å². The summed E-state index contributed by atoms with van der Waals surface area (Å²) in [6.07, 6.45) is -0.115. The van der Waals surface area contributed by atoms with Gasteiger partial charge in [-0.25, -0.2) is 9.07 Å². The van der Waals surface area contributed by atoms with E-state index in [2.05, 4.69) is 15.5 Å². The minimum absolute atomic E-state index is 0.0722. The monoisotopic (exact) mass is 280 g/mol. The van der Waals surface area contributed by atoms with Crippen molar-refractivity contribution in [3.05, 3.63) is 24.0 Å².